The standard InChI is InChI=1S/C6H9N3O2/c1-11-3-5-4(6(7)10)2-8-9-5/h2H,3H2,1H3,(H2,7,10)(H,8,9). The molecule has 0 aromatic carbocycles. The number of carbonyl (C=O) groups excluding carboxylic acids is 1. The number of ether oxygens (including phenoxy) is 1. The summed E-state index contributed by atoms with van der Waals surface area (Å²) in [6, 6.07) is 0. The Bertz CT molecular complexity index is 256. The zero-order valence-corrected chi connectivity index (χ0v) is 6.13. The molecule has 5 nitrogen and oxygen atoms in total. The van der Waals surface area contributed by atoms with E-state index in [1.165, 1.54) is 13.3 Å². The number of primary amides is 1. The van der Waals surface area contributed by atoms with Crippen LogP contribution in [0.4, 0.5) is 0 Å². The molecule has 0 aliphatic heterocycles. The molecule has 0 unspecified atom stereocenters. The van der Waals surface area contributed by atoms with E-state index in [0.29, 0.717) is 17.9 Å². The lowest BCUT2D eigenvalue weighted by molar-refractivity contribution is 0.0995. The third-order valence-corrected chi connectivity index (χ3v) is 1.27. The summed E-state index contributed by atoms with van der Waals surface area (Å²) in [4.78, 5) is 10.7. The van der Waals surface area contributed by atoms with Gasteiger partial charge >= 0.3 is 0 Å². The number of aromatic amines is 1. The first-order valence-electron chi connectivity index (χ1n) is 3.06. The molecule has 5 heteroatoms. The van der Waals surface area contributed by atoms with Gasteiger partial charge in [-0.3, -0.25) is 9.89 Å². The van der Waals surface area contributed by atoms with Crippen LogP contribution in [0.1, 0.15) is 16.1 Å². The number of aromatic nitrogens is 2. The van der Waals surface area contributed by atoms with Crippen molar-refractivity contribution in [3.8, 4) is 0 Å². The first-order chi connectivity index (χ1) is 5.25. The summed E-state index contributed by atoms with van der Waals surface area (Å²) in [5.41, 5.74) is 6.03. The highest BCUT2D eigenvalue weighted by Crippen LogP contribution is 2.03. The molecule has 1 heterocycles. The van der Waals surface area contributed by atoms with Crippen LogP contribution >= 0.6 is 0 Å². The minimum atomic E-state index is -0.495. The second-order valence-corrected chi connectivity index (χ2v) is 2.06. The number of hydrogen-bond donors (Lipinski definition) is 2. The molecule has 0 saturated carbocycles. The van der Waals surface area contributed by atoms with Gasteiger partial charge in [0.05, 0.1) is 24.1 Å². The van der Waals surface area contributed by atoms with Gasteiger partial charge in [0.2, 0.25) is 0 Å². The maximum absolute atomic E-state index is 10.7. The van der Waals surface area contributed by atoms with E-state index < -0.39 is 5.91 Å². The second kappa shape index (κ2) is 3.16. The average molecular weight is 155 g/mol. The number of carbonyl (C=O) groups is 1. The molecule has 0 aliphatic rings. The van der Waals surface area contributed by atoms with Gasteiger partial charge in [-0.2, -0.15) is 5.10 Å². The largest absolute Gasteiger partial charge is 0.378 e. The molecular weight excluding hydrogens is 146 g/mol. The van der Waals surface area contributed by atoms with Crippen LogP contribution in [-0.2, 0) is 11.3 Å². The van der Waals surface area contributed by atoms with Crippen molar-refractivity contribution >= 4 is 5.91 Å². The molecule has 0 radical (unpaired) electrons. The number of nitrogens with zero attached hydrogens (tertiary/aromatic N) is 1. The molecule has 1 amide bonds. The number of nitrogens with two attached hydrogens (primary N) is 1. The lowest BCUT2D eigenvalue weighted by Gasteiger charge is -1.95. The molecule has 0 atom stereocenters. The summed E-state index contributed by atoms with van der Waals surface area (Å²) in [5, 5.41) is 6.27. The maximum atomic E-state index is 10.7. The van der Waals surface area contributed by atoms with Crippen LogP contribution in [0, 0.1) is 0 Å². The molecule has 1 rings (SSSR count). The van der Waals surface area contributed by atoms with Gasteiger partial charge in [0.25, 0.3) is 5.91 Å². The highest BCUT2D eigenvalue weighted by molar-refractivity contribution is 5.93. The summed E-state index contributed by atoms with van der Waals surface area (Å²) in [6.45, 7) is 0.318. The van der Waals surface area contributed by atoms with Crippen molar-refractivity contribution in [2.24, 2.45) is 5.73 Å². The number of rotatable bonds is 3. The predicted molar refractivity (Wildman–Crippen MR) is 37.8 cm³/mol. The van der Waals surface area contributed by atoms with Crippen molar-refractivity contribution in [2.45, 2.75) is 6.61 Å². The van der Waals surface area contributed by atoms with Gasteiger partial charge in [0.15, 0.2) is 0 Å². The van der Waals surface area contributed by atoms with E-state index in [1.807, 2.05) is 0 Å². The van der Waals surface area contributed by atoms with Crippen molar-refractivity contribution < 1.29 is 9.53 Å². The zero-order chi connectivity index (χ0) is 8.27. The topological polar surface area (TPSA) is 81.0 Å². The number of methoxy groups -OCH3 is 1. The van der Waals surface area contributed by atoms with Gasteiger partial charge in [-0.1, -0.05) is 0 Å². The Labute approximate surface area is 63.5 Å². The highest BCUT2D eigenvalue weighted by Gasteiger charge is 2.08. The van der Waals surface area contributed by atoms with Gasteiger partial charge in [-0.05, 0) is 0 Å². The van der Waals surface area contributed by atoms with E-state index in [2.05, 4.69) is 10.2 Å². The summed E-state index contributed by atoms with van der Waals surface area (Å²) < 4.78 is 4.80. The number of nitrogens with one attached hydrogen (secondary N) is 1. The summed E-state index contributed by atoms with van der Waals surface area (Å²) >= 11 is 0. The third-order valence-electron chi connectivity index (χ3n) is 1.27. The van der Waals surface area contributed by atoms with Crippen LogP contribution < -0.4 is 5.73 Å². The van der Waals surface area contributed by atoms with Gasteiger partial charge in [-0.25, -0.2) is 0 Å². The van der Waals surface area contributed by atoms with E-state index >= 15 is 0 Å². The first-order valence-corrected chi connectivity index (χ1v) is 3.06. The third kappa shape index (κ3) is 1.56. The van der Waals surface area contributed by atoms with Crippen LogP contribution in [0.15, 0.2) is 6.20 Å². The smallest absolute Gasteiger partial charge is 0.252 e. The molecule has 0 aliphatic carbocycles. The lowest BCUT2D eigenvalue weighted by Crippen LogP contribution is -2.12. The van der Waals surface area contributed by atoms with Crippen molar-refractivity contribution in [2.75, 3.05) is 7.11 Å². The normalized spacial score (nSPS) is 9.91. The lowest BCUT2D eigenvalue weighted by atomic mass is 10.2. The molecule has 0 spiro atoms. The van der Waals surface area contributed by atoms with Crippen LogP contribution in [0.25, 0.3) is 0 Å². The van der Waals surface area contributed by atoms with Gasteiger partial charge in [-0.15, -0.1) is 0 Å². The Kier molecular flexibility index (Phi) is 2.22. The molecule has 0 fully saturated rings. The molecule has 0 saturated heterocycles. The maximum Gasteiger partial charge on any atom is 0.252 e. The van der Waals surface area contributed by atoms with Crippen LogP contribution in [0.5, 0.6) is 0 Å². The molecule has 1 aromatic heterocycles. The molecule has 60 valence electrons. The summed E-state index contributed by atoms with van der Waals surface area (Å²) in [6.07, 6.45) is 1.39. The van der Waals surface area contributed by atoms with Crippen molar-refractivity contribution in [1.29, 1.82) is 0 Å². The summed E-state index contributed by atoms with van der Waals surface area (Å²) in [7, 11) is 1.53. The number of amides is 1. The highest BCUT2D eigenvalue weighted by atomic mass is 16.5. The van der Waals surface area contributed by atoms with Crippen LogP contribution in [-0.4, -0.2) is 23.2 Å². The molecule has 1 aromatic rings. The molecule has 0 bridgehead atoms. The van der Waals surface area contributed by atoms with Gasteiger partial charge in [0, 0.05) is 7.11 Å². The minimum absolute atomic E-state index is 0.318. The fraction of sp³-hybridized carbons (Fsp3) is 0.333. The Morgan fingerprint density at radius 3 is 3.18 bits per heavy atom. The average Bonchev–Trinajstić information content (AvgIpc) is 2.36. The monoisotopic (exact) mass is 155 g/mol. The van der Waals surface area contributed by atoms with Crippen LogP contribution in [0.2, 0.25) is 0 Å². The molecule has 11 heavy (non-hydrogen) atoms. The van der Waals surface area contributed by atoms with E-state index in [-0.39, 0.29) is 0 Å². The van der Waals surface area contributed by atoms with Gasteiger partial charge in [0.1, 0.15) is 0 Å². The minimum Gasteiger partial charge on any atom is -0.378 e. The van der Waals surface area contributed by atoms with Crippen molar-refractivity contribution in [3.63, 3.8) is 0 Å². The van der Waals surface area contributed by atoms with E-state index in [9.17, 15) is 4.79 Å². The van der Waals surface area contributed by atoms with E-state index in [0.717, 1.165) is 0 Å². The van der Waals surface area contributed by atoms with E-state index in [4.69, 9.17) is 10.5 Å². The summed E-state index contributed by atoms with van der Waals surface area (Å²) in [5.74, 6) is -0.495. The fourth-order valence-electron chi connectivity index (χ4n) is 0.780. The Morgan fingerprint density at radius 1 is 1.91 bits per heavy atom. The molecule has 3 N–H and O–H groups in total. The van der Waals surface area contributed by atoms with Crippen molar-refractivity contribution in [1.82, 2.24) is 10.2 Å². The zero-order valence-electron chi connectivity index (χ0n) is 6.13. The number of H-pyrrole nitrogens is 1. The first kappa shape index (κ1) is 7.74. The predicted octanol–water partition coefficient (Wildman–Crippen LogP) is -0.345. The SMILES string of the molecule is COCc1[nH]ncc1C(N)=O. The quantitative estimate of drug-likeness (QED) is 0.626. The fourth-order valence-corrected chi connectivity index (χ4v) is 0.780. The Hall–Kier alpha value is -1.36. The Balaban J connectivity index is 2.87. The van der Waals surface area contributed by atoms with Crippen LogP contribution in [0.3, 0.4) is 0 Å². The molecular formula is C6H9N3O2. The Morgan fingerprint density at radius 2 is 2.64 bits per heavy atom. The second-order valence-electron chi connectivity index (χ2n) is 2.06. The van der Waals surface area contributed by atoms with Gasteiger partial charge < -0.3 is 10.5 Å². The number of hydrogen-bond acceptors (Lipinski definition) is 3. The van der Waals surface area contributed by atoms with Crippen molar-refractivity contribution in [3.05, 3.63) is 17.5 Å². The van der Waals surface area contributed by atoms with E-state index in [1.54, 1.807) is 0 Å².